The van der Waals surface area contributed by atoms with E-state index in [0.29, 0.717) is 6.42 Å². The number of benzene rings is 1. The van der Waals surface area contributed by atoms with Crippen LogP contribution in [-0.2, 0) is 11.2 Å². The van der Waals surface area contributed by atoms with Gasteiger partial charge < -0.3 is 14.5 Å². The third-order valence-electron chi connectivity index (χ3n) is 3.69. The van der Waals surface area contributed by atoms with E-state index in [4.69, 9.17) is 4.74 Å². The molecular formula is C15H22N2O2. The molecule has 0 saturated carbocycles. The van der Waals surface area contributed by atoms with Gasteiger partial charge >= 0.3 is 0 Å². The smallest absolute Gasteiger partial charge is 0.227 e. The van der Waals surface area contributed by atoms with Crippen LogP contribution in [0, 0.1) is 0 Å². The van der Waals surface area contributed by atoms with E-state index in [1.54, 1.807) is 7.11 Å². The van der Waals surface area contributed by atoms with Crippen molar-refractivity contribution in [3.63, 3.8) is 0 Å². The summed E-state index contributed by atoms with van der Waals surface area (Å²) in [4.78, 5) is 16.6. The minimum Gasteiger partial charge on any atom is -0.496 e. The van der Waals surface area contributed by atoms with Crippen molar-refractivity contribution in [3.8, 4) is 5.75 Å². The third-order valence-corrected chi connectivity index (χ3v) is 3.69. The summed E-state index contributed by atoms with van der Waals surface area (Å²) in [5.74, 6) is 0.975. The molecule has 1 saturated heterocycles. The van der Waals surface area contributed by atoms with Gasteiger partial charge in [0.05, 0.1) is 13.5 Å². The second-order valence-electron chi connectivity index (χ2n) is 5.19. The van der Waals surface area contributed by atoms with Crippen molar-refractivity contribution >= 4 is 5.91 Å². The zero-order chi connectivity index (χ0) is 13.8. The molecule has 4 nitrogen and oxygen atoms in total. The highest BCUT2D eigenvalue weighted by Crippen LogP contribution is 2.19. The van der Waals surface area contributed by atoms with Gasteiger partial charge in [0.1, 0.15) is 5.75 Å². The highest BCUT2D eigenvalue weighted by molar-refractivity contribution is 5.80. The maximum atomic E-state index is 12.4. The maximum absolute atomic E-state index is 12.4. The summed E-state index contributed by atoms with van der Waals surface area (Å²) in [5.41, 5.74) is 0.959. The van der Waals surface area contributed by atoms with Gasteiger partial charge in [-0.2, -0.15) is 0 Å². The molecule has 1 aromatic rings. The SMILES string of the molecule is COc1ccccc1CC(=O)N1CCN(C)CC1C. The van der Waals surface area contributed by atoms with E-state index in [2.05, 4.69) is 18.9 Å². The first-order valence-electron chi connectivity index (χ1n) is 6.71. The number of rotatable bonds is 3. The van der Waals surface area contributed by atoms with Gasteiger partial charge in [-0.15, -0.1) is 0 Å². The molecule has 2 rings (SSSR count). The lowest BCUT2D eigenvalue weighted by Gasteiger charge is -2.38. The van der Waals surface area contributed by atoms with Crippen LogP contribution in [0.5, 0.6) is 5.75 Å². The Morgan fingerprint density at radius 3 is 2.79 bits per heavy atom. The predicted octanol–water partition coefficient (Wildman–Crippen LogP) is 1.40. The highest BCUT2D eigenvalue weighted by atomic mass is 16.5. The molecule has 1 aliphatic rings. The number of likely N-dealkylation sites (N-methyl/N-ethyl adjacent to an activating group) is 1. The van der Waals surface area contributed by atoms with Crippen LogP contribution in [0.1, 0.15) is 12.5 Å². The Labute approximate surface area is 115 Å². The second kappa shape index (κ2) is 6.06. The van der Waals surface area contributed by atoms with Gasteiger partial charge in [0, 0.05) is 31.2 Å². The molecule has 1 unspecified atom stereocenters. The minimum atomic E-state index is 0.185. The summed E-state index contributed by atoms with van der Waals surface area (Å²) in [5, 5.41) is 0. The van der Waals surface area contributed by atoms with Crippen LogP contribution in [0.3, 0.4) is 0 Å². The Balaban J connectivity index is 2.04. The van der Waals surface area contributed by atoms with Gasteiger partial charge in [-0.25, -0.2) is 0 Å². The molecule has 1 heterocycles. The number of carbonyl (C=O) groups excluding carboxylic acids is 1. The molecular weight excluding hydrogens is 240 g/mol. The molecule has 104 valence electrons. The standard InChI is InChI=1S/C15H22N2O2/c1-12-11-16(2)8-9-17(12)15(18)10-13-6-4-5-7-14(13)19-3/h4-7,12H,8-11H2,1-3H3. The fourth-order valence-electron chi connectivity index (χ4n) is 2.62. The van der Waals surface area contributed by atoms with E-state index >= 15 is 0 Å². The molecule has 0 spiro atoms. The average molecular weight is 262 g/mol. The Hall–Kier alpha value is -1.55. The Morgan fingerprint density at radius 2 is 2.11 bits per heavy atom. The number of amides is 1. The van der Waals surface area contributed by atoms with Crippen LogP contribution in [0.2, 0.25) is 0 Å². The monoisotopic (exact) mass is 262 g/mol. The van der Waals surface area contributed by atoms with Gasteiger partial charge in [-0.1, -0.05) is 18.2 Å². The minimum absolute atomic E-state index is 0.185. The fraction of sp³-hybridized carbons (Fsp3) is 0.533. The van der Waals surface area contributed by atoms with Crippen LogP contribution < -0.4 is 4.74 Å². The van der Waals surface area contributed by atoms with Crippen LogP contribution in [0.4, 0.5) is 0 Å². The summed E-state index contributed by atoms with van der Waals surface area (Å²) in [6.07, 6.45) is 0.415. The molecule has 1 amide bonds. The van der Waals surface area contributed by atoms with Crippen molar-refractivity contribution in [2.24, 2.45) is 0 Å². The lowest BCUT2D eigenvalue weighted by Crippen LogP contribution is -2.53. The number of carbonyl (C=O) groups is 1. The molecule has 0 radical (unpaired) electrons. The molecule has 0 bridgehead atoms. The normalized spacial score (nSPS) is 20.4. The van der Waals surface area contributed by atoms with E-state index in [1.165, 1.54) is 0 Å². The summed E-state index contributed by atoms with van der Waals surface area (Å²) < 4.78 is 5.30. The zero-order valence-electron chi connectivity index (χ0n) is 11.9. The van der Waals surface area contributed by atoms with Crippen molar-refractivity contribution in [2.75, 3.05) is 33.8 Å². The maximum Gasteiger partial charge on any atom is 0.227 e. The number of hydrogen-bond acceptors (Lipinski definition) is 3. The average Bonchev–Trinajstić information content (AvgIpc) is 2.39. The third kappa shape index (κ3) is 3.26. The molecule has 1 aliphatic heterocycles. The van der Waals surface area contributed by atoms with Crippen molar-refractivity contribution in [1.82, 2.24) is 9.80 Å². The van der Waals surface area contributed by atoms with Crippen molar-refractivity contribution < 1.29 is 9.53 Å². The van der Waals surface area contributed by atoms with E-state index in [-0.39, 0.29) is 11.9 Å². The van der Waals surface area contributed by atoms with E-state index in [1.807, 2.05) is 29.2 Å². The zero-order valence-corrected chi connectivity index (χ0v) is 11.9. The topological polar surface area (TPSA) is 32.8 Å². The Kier molecular flexibility index (Phi) is 4.43. The lowest BCUT2D eigenvalue weighted by molar-refractivity contribution is -0.134. The predicted molar refractivity (Wildman–Crippen MR) is 75.4 cm³/mol. The first-order valence-corrected chi connectivity index (χ1v) is 6.71. The first-order chi connectivity index (χ1) is 9.11. The van der Waals surface area contributed by atoms with Crippen LogP contribution in [0.15, 0.2) is 24.3 Å². The van der Waals surface area contributed by atoms with Gasteiger partial charge in [-0.05, 0) is 20.0 Å². The number of nitrogens with zero attached hydrogens (tertiary/aromatic N) is 2. The van der Waals surface area contributed by atoms with E-state index in [0.717, 1.165) is 30.9 Å². The van der Waals surface area contributed by atoms with Gasteiger partial charge in [-0.3, -0.25) is 4.79 Å². The van der Waals surface area contributed by atoms with Crippen molar-refractivity contribution in [2.45, 2.75) is 19.4 Å². The summed E-state index contributed by atoms with van der Waals surface area (Å²) >= 11 is 0. The summed E-state index contributed by atoms with van der Waals surface area (Å²) in [6, 6.07) is 8.00. The number of ether oxygens (including phenoxy) is 1. The molecule has 4 heteroatoms. The quantitative estimate of drug-likeness (QED) is 0.825. The number of hydrogen-bond donors (Lipinski definition) is 0. The molecule has 0 aliphatic carbocycles. The summed E-state index contributed by atoms with van der Waals surface area (Å²) in [7, 11) is 3.74. The fourth-order valence-corrected chi connectivity index (χ4v) is 2.62. The molecule has 0 N–H and O–H groups in total. The number of piperazine rings is 1. The van der Waals surface area contributed by atoms with Crippen molar-refractivity contribution in [3.05, 3.63) is 29.8 Å². The van der Waals surface area contributed by atoms with Crippen molar-refractivity contribution in [1.29, 1.82) is 0 Å². The van der Waals surface area contributed by atoms with Gasteiger partial charge in [0.2, 0.25) is 5.91 Å². The molecule has 1 atom stereocenters. The van der Waals surface area contributed by atoms with Crippen LogP contribution >= 0.6 is 0 Å². The largest absolute Gasteiger partial charge is 0.496 e. The second-order valence-corrected chi connectivity index (χ2v) is 5.19. The Bertz CT molecular complexity index is 448. The van der Waals surface area contributed by atoms with Crippen LogP contribution in [0.25, 0.3) is 0 Å². The van der Waals surface area contributed by atoms with Gasteiger partial charge in [0.15, 0.2) is 0 Å². The first kappa shape index (κ1) is 13.9. The van der Waals surface area contributed by atoms with Crippen LogP contribution in [-0.4, -0.2) is 55.5 Å². The molecule has 1 fully saturated rings. The number of methoxy groups -OCH3 is 1. The molecule has 1 aromatic carbocycles. The van der Waals surface area contributed by atoms with E-state index in [9.17, 15) is 4.79 Å². The molecule has 19 heavy (non-hydrogen) atoms. The van der Waals surface area contributed by atoms with E-state index < -0.39 is 0 Å². The highest BCUT2D eigenvalue weighted by Gasteiger charge is 2.25. The molecule has 0 aromatic heterocycles. The summed E-state index contributed by atoms with van der Waals surface area (Å²) in [6.45, 7) is 4.81. The number of para-hydroxylation sites is 1. The Morgan fingerprint density at radius 1 is 1.37 bits per heavy atom. The van der Waals surface area contributed by atoms with Gasteiger partial charge in [0.25, 0.3) is 0 Å². The lowest BCUT2D eigenvalue weighted by atomic mass is 10.1.